The molecule has 1 N–H and O–H groups in total. The van der Waals surface area contributed by atoms with Crippen LogP contribution in [-0.4, -0.2) is 49.8 Å². The smallest absolute Gasteiger partial charge is 0.222 e. The molecule has 2 aliphatic rings. The Bertz CT molecular complexity index is 1050. The van der Waals surface area contributed by atoms with Crippen LogP contribution in [0.4, 0.5) is 0 Å². The molecule has 0 radical (unpaired) electrons. The molecular formula is C23H28N4O3. The zero-order valence-electron chi connectivity index (χ0n) is 17.5. The zero-order chi connectivity index (χ0) is 20.8. The molecule has 5 rings (SSSR count). The Morgan fingerprint density at radius 3 is 2.73 bits per heavy atom. The number of aliphatic hydroxyl groups excluding tert-OH is 1. The van der Waals surface area contributed by atoms with E-state index in [1.54, 1.807) is 0 Å². The van der Waals surface area contributed by atoms with Crippen molar-refractivity contribution in [2.75, 3.05) is 13.1 Å². The minimum Gasteiger partial charge on any atom is -0.391 e. The number of fused-ring (bicyclic) bond motifs is 2. The first kappa shape index (κ1) is 19.3. The molecule has 0 spiro atoms. The van der Waals surface area contributed by atoms with Crippen molar-refractivity contribution in [2.45, 2.75) is 51.7 Å². The van der Waals surface area contributed by atoms with Gasteiger partial charge in [0, 0.05) is 25.1 Å². The summed E-state index contributed by atoms with van der Waals surface area (Å²) in [6.07, 6.45) is 4.18. The van der Waals surface area contributed by atoms with Crippen LogP contribution in [0.1, 0.15) is 42.3 Å². The Labute approximate surface area is 175 Å². The van der Waals surface area contributed by atoms with Gasteiger partial charge in [-0.25, -0.2) is 4.98 Å². The summed E-state index contributed by atoms with van der Waals surface area (Å²) in [7, 11) is 0. The van der Waals surface area contributed by atoms with Crippen molar-refractivity contribution < 1.29 is 14.4 Å². The first-order valence-electron chi connectivity index (χ1n) is 10.8. The predicted octanol–water partition coefficient (Wildman–Crippen LogP) is 3.04. The molecule has 158 valence electrons. The number of benzene rings is 1. The van der Waals surface area contributed by atoms with E-state index in [1.807, 2.05) is 43.3 Å². The van der Waals surface area contributed by atoms with Crippen LogP contribution < -0.4 is 0 Å². The van der Waals surface area contributed by atoms with Crippen molar-refractivity contribution in [3.05, 3.63) is 47.6 Å². The van der Waals surface area contributed by atoms with Crippen LogP contribution >= 0.6 is 0 Å². The number of aliphatic hydroxyl groups is 1. The lowest BCUT2D eigenvalue weighted by molar-refractivity contribution is -0.130. The van der Waals surface area contributed by atoms with E-state index >= 15 is 0 Å². The summed E-state index contributed by atoms with van der Waals surface area (Å²) in [5.41, 5.74) is 3.93. The lowest BCUT2D eigenvalue weighted by Gasteiger charge is -2.36. The highest BCUT2D eigenvalue weighted by molar-refractivity contribution is 5.77. The van der Waals surface area contributed by atoms with Crippen LogP contribution in [0.5, 0.6) is 0 Å². The van der Waals surface area contributed by atoms with Crippen molar-refractivity contribution in [1.29, 1.82) is 0 Å². The average Bonchev–Trinajstić information content (AvgIpc) is 3.43. The van der Waals surface area contributed by atoms with Crippen molar-refractivity contribution >= 4 is 16.9 Å². The molecule has 2 fully saturated rings. The van der Waals surface area contributed by atoms with Crippen LogP contribution in [-0.2, 0) is 11.2 Å². The van der Waals surface area contributed by atoms with E-state index in [9.17, 15) is 9.90 Å². The third kappa shape index (κ3) is 3.31. The molecule has 3 aromatic rings. The number of aromatic nitrogens is 3. The van der Waals surface area contributed by atoms with Crippen molar-refractivity contribution in [3.63, 3.8) is 0 Å². The summed E-state index contributed by atoms with van der Waals surface area (Å²) in [4.78, 5) is 19.4. The first-order valence-corrected chi connectivity index (χ1v) is 10.8. The highest BCUT2D eigenvalue weighted by Crippen LogP contribution is 2.42. The van der Waals surface area contributed by atoms with Gasteiger partial charge in [-0.1, -0.05) is 17.3 Å². The highest BCUT2D eigenvalue weighted by Gasteiger charge is 2.43. The van der Waals surface area contributed by atoms with Crippen LogP contribution in [0.3, 0.4) is 0 Å². The Hall–Kier alpha value is -2.67. The van der Waals surface area contributed by atoms with Crippen LogP contribution in [0.25, 0.3) is 11.0 Å². The molecule has 1 aromatic carbocycles. The molecule has 1 aliphatic carbocycles. The molecular weight excluding hydrogens is 380 g/mol. The van der Waals surface area contributed by atoms with Gasteiger partial charge in [-0.2, -0.15) is 0 Å². The molecule has 1 aliphatic heterocycles. The number of rotatable bonds is 4. The van der Waals surface area contributed by atoms with E-state index in [1.165, 1.54) is 0 Å². The number of carbonyl (C=O) groups is 1. The molecule has 0 bridgehead atoms. The van der Waals surface area contributed by atoms with Gasteiger partial charge in [0.1, 0.15) is 5.76 Å². The first-order chi connectivity index (χ1) is 14.5. The minimum atomic E-state index is -0.416. The Balaban J connectivity index is 1.26. The number of para-hydroxylation sites is 2. The molecule has 1 saturated carbocycles. The van der Waals surface area contributed by atoms with Gasteiger partial charge in [0.2, 0.25) is 5.91 Å². The van der Waals surface area contributed by atoms with E-state index in [-0.39, 0.29) is 11.9 Å². The number of aryl methyl sites for hydroxylation is 2. The van der Waals surface area contributed by atoms with Gasteiger partial charge in [0.15, 0.2) is 0 Å². The molecule has 1 saturated heterocycles. The van der Waals surface area contributed by atoms with Gasteiger partial charge >= 0.3 is 0 Å². The van der Waals surface area contributed by atoms with Crippen LogP contribution in [0.15, 0.2) is 35.1 Å². The van der Waals surface area contributed by atoms with E-state index in [0.29, 0.717) is 24.7 Å². The summed E-state index contributed by atoms with van der Waals surface area (Å²) in [6.45, 7) is 5.34. The number of nitrogens with zero attached hydrogens (tertiary/aromatic N) is 4. The molecule has 2 aromatic heterocycles. The number of amides is 1. The normalized spacial score (nSPS) is 26.3. The number of likely N-dealkylation sites (tertiary alicyclic amines) is 1. The Morgan fingerprint density at radius 1 is 1.20 bits per heavy atom. The zero-order valence-corrected chi connectivity index (χ0v) is 17.5. The number of hydrogen-bond acceptors (Lipinski definition) is 5. The topological polar surface area (TPSA) is 84.4 Å². The third-order valence-corrected chi connectivity index (χ3v) is 7.07. The Morgan fingerprint density at radius 2 is 1.97 bits per heavy atom. The minimum absolute atomic E-state index is 0.0102. The second-order valence-corrected chi connectivity index (χ2v) is 8.87. The lowest BCUT2D eigenvalue weighted by Crippen LogP contribution is -2.36. The van der Waals surface area contributed by atoms with Gasteiger partial charge < -0.3 is 19.1 Å². The number of imidazole rings is 1. The molecule has 4 atom stereocenters. The van der Waals surface area contributed by atoms with Crippen molar-refractivity contribution in [1.82, 2.24) is 19.6 Å². The molecule has 0 unspecified atom stereocenters. The molecule has 30 heavy (non-hydrogen) atoms. The Kier molecular flexibility index (Phi) is 4.85. The average molecular weight is 409 g/mol. The maximum atomic E-state index is 12.9. The summed E-state index contributed by atoms with van der Waals surface area (Å²) in [5.74, 6) is 1.77. The number of carbonyl (C=O) groups excluding carboxylic acids is 1. The maximum absolute atomic E-state index is 12.9. The van der Waals surface area contributed by atoms with Gasteiger partial charge in [-0.3, -0.25) is 4.79 Å². The second kappa shape index (κ2) is 7.54. The van der Waals surface area contributed by atoms with E-state index in [2.05, 4.69) is 20.8 Å². The molecule has 3 heterocycles. The molecule has 7 heteroatoms. The molecule has 7 nitrogen and oxygen atoms in total. The van der Waals surface area contributed by atoms with Gasteiger partial charge in [0.25, 0.3) is 0 Å². The second-order valence-electron chi connectivity index (χ2n) is 8.87. The highest BCUT2D eigenvalue weighted by atomic mass is 16.5. The molecule has 1 amide bonds. The standard InChI is InChI=1S/C23H28N4O3/c1-14-18(15(2)30-25-14)7-8-23(29)26-11-16-9-21(22(28)10-17(16)12-26)27-13-24-19-5-3-4-6-20(19)27/h3-6,13,16-17,21-22,28H,7-12H2,1-2H3/t16-,17+,21-,22-/m1/s1. The van der Waals surface area contributed by atoms with Gasteiger partial charge in [0.05, 0.1) is 35.2 Å². The largest absolute Gasteiger partial charge is 0.391 e. The third-order valence-electron chi connectivity index (χ3n) is 7.07. The van der Waals surface area contributed by atoms with Gasteiger partial charge in [-0.05, 0) is 57.1 Å². The fourth-order valence-electron chi connectivity index (χ4n) is 5.40. The summed E-state index contributed by atoms with van der Waals surface area (Å²) < 4.78 is 7.33. The fourth-order valence-corrected chi connectivity index (χ4v) is 5.40. The van der Waals surface area contributed by atoms with Crippen molar-refractivity contribution in [3.8, 4) is 0 Å². The summed E-state index contributed by atoms with van der Waals surface area (Å²) in [6, 6.07) is 8.05. The van der Waals surface area contributed by atoms with E-state index in [4.69, 9.17) is 4.52 Å². The van der Waals surface area contributed by atoms with Gasteiger partial charge in [-0.15, -0.1) is 0 Å². The fraction of sp³-hybridized carbons (Fsp3) is 0.522. The monoisotopic (exact) mass is 408 g/mol. The van der Waals surface area contributed by atoms with E-state index in [0.717, 1.165) is 54.0 Å². The quantitative estimate of drug-likeness (QED) is 0.717. The summed E-state index contributed by atoms with van der Waals surface area (Å²) >= 11 is 0. The lowest BCUT2D eigenvalue weighted by atomic mass is 9.77. The van der Waals surface area contributed by atoms with Crippen LogP contribution in [0.2, 0.25) is 0 Å². The van der Waals surface area contributed by atoms with E-state index < -0.39 is 6.10 Å². The predicted molar refractivity (Wildman–Crippen MR) is 112 cm³/mol. The maximum Gasteiger partial charge on any atom is 0.222 e. The van der Waals surface area contributed by atoms with Crippen LogP contribution in [0, 0.1) is 25.7 Å². The summed E-state index contributed by atoms with van der Waals surface area (Å²) in [5, 5.41) is 14.9. The number of hydrogen-bond donors (Lipinski definition) is 1. The van der Waals surface area contributed by atoms with Crippen molar-refractivity contribution in [2.24, 2.45) is 11.8 Å². The SMILES string of the molecule is Cc1noc(C)c1CCC(=O)N1C[C@H]2C[C@@H](n3cnc4ccccc43)[C@H](O)C[C@H]2C1.